The first-order valence-corrected chi connectivity index (χ1v) is 16.4. The zero-order chi connectivity index (χ0) is 32.6. The molecule has 15 heteroatoms. The molecule has 1 amide bonds. The molecule has 0 bridgehead atoms. The Morgan fingerprint density at radius 3 is 2.42 bits per heavy atom. The van der Waals surface area contributed by atoms with Crippen molar-refractivity contribution in [3.63, 3.8) is 0 Å². The van der Waals surface area contributed by atoms with E-state index < -0.39 is 22.0 Å². The first-order valence-electron chi connectivity index (χ1n) is 14.1. The number of amides is 1. The molecule has 0 aliphatic carbocycles. The first-order chi connectivity index (χ1) is 21.3. The van der Waals surface area contributed by atoms with Gasteiger partial charge in [-0.05, 0) is 56.2 Å². The van der Waals surface area contributed by atoms with Gasteiger partial charge in [0.25, 0.3) is 11.5 Å². The second-order valence-electron chi connectivity index (χ2n) is 11.1. The van der Waals surface area contributed by atoms with Crippen molar-refractivity contribution in [1.82, 2.24) is 24.2 Å². The fourth-order valence-electron chi connectivity index (χ4n) is 5.48. The third kappa shape index (κ3) is 6.69. The topological polar surface area (TPSA) is 166 Å². The average Bonchev–Trinajstić information content (AvgIpc) is 2.99. The zero-order valence-corrected chi connectivity index (χ0v) is 27.0. The standard InChI is InChI=1S/C30H32ClN9O4S/c1-17-12-21(19(3)34-23-6-7-24(31)35-26(23)28(41)37-45(5,43)44)25-22(13-17)29(42)38(4)30(36-25)40-10-8-39(9-11-40)27-18(2)14-20(15-32)16-33-27/h6-7,12-14,16,19,34H,8-11H2,1-5H3,(H,37,41)/t19-/m1/s1. The summed E-state index contributed by atoms with van der Waals surface area (Å²) in [6.07, 6.45) is 2.45. The highest BCUT2D eigenvalue weighted by Gasteiger charge is 2.25. The maximum absolute atomic E-state index is 13.7. The van der Waals surface area contributed by atoms with Crippen LogP contribution in [0.1, 0.15) is 45.7 Å². The molecule has 1 saturated heterocycles. The lowest BCUT2D eigenvalue weighted by Crippen LogP contribution is -2.48. The molecule has 13 nitrogen and oxygen atoms in total. The van der Waals surface area contributed by atoms with E-state index in [9.17, 15) is 23.3 Å². The molecule has 4 heterocycles. The Morgan fingerprint density at radius 2 is 1.78 bits per heavy atom. The van der Waals surface area contributed by atoms with Crippen LogP contribution in [0.25, 0.3) is 10.9 Å². The number of fused-ring (bicyclic) bond motifs is 1. The Morgan fingerprint density at radius 1 is 1.09 bits per heavy atom. The lowest BCUT2D eigenvalue weighted by Gasteiger charge is -2.37. The minimum Gasteiger partial charge on any atom is -0.377 e. The number of benzene rings is 1. The molecule has 0 spiro atoms. The molecule has 4 aromatic rings. The minimum absolute atomic E-state index is 0.0212. The maximum Gasteiger partial charge on any atom is 0.285 e. The second-order valence-corrected chi connectivity index (χ2v) is 13.2. The van der Waals surface area contributed by atoms with Crippen molar-refractivity contribution >= 4 is 55.9 Å². The fraction of sp³-hybridized carbons (Fsp3) is 0.333. The molecule has 1 fully saturated rings. The van der Waals surface area contributed by atoms with Crippen LogP contribution in [0, 0.1) is 25.2 Å². The molecule has 3 aromatic heterocycles. The molecule has 234 valence electrons. The van der Waals surface area contributed by atoms with Gasteiger partial charge in [0, 0.05) is 45.0 Å². The molecule has 0 unspecified atom stereocenters. The minimum atomic E-state index is -3.85. The average molecular weight is 650 g/mol. The van der Waals surface area contributed by atoms with Crippen LogP contribution in [0.2, 0.25) is 5.15 Å². The molecule has 1 aliphatic rings. The van der Waals surface area contributed by atoms with Crippen LogP contribution in [-0.2, 0) is 17.1 Å². The fourth-order valence-corrected chi connectivity index (χ4v) is 6.07. The van der Waals surface area contributed by atoms with Crippen molar-refractivity contribution in [2.24, 2.45) is 7.05 Å². The van der Waals surface area contributed by atoms with Crippen LogP contribution in [0.3, 0.4) is 0 Å². The zero-order valence-electron chi connectivity index (χ0n) is 25.4. The predicted octanol–water partition coefficient (Wildman–Crippen LogP) is 3.05. The number of nitriles is 1. The van der Waals surface area contributed by atoms with Crippen LogP contribution in [-0.4, -0.2) is 66.3 Å². The Balaban J connectivity index is 1.47. The lowest BCUT2D eigenvalue weighted by molar-refractivity contribution is 0.0977. The highest BCUT2D eigenvalue weighted by molar-refractivity contribution is 7.89. The third-order valence-corrected chi connectivity index (χ3v) is 8.33. The summed E-state index contributed by atoms with van der Waals surface area (Å²) < 4.78 is 26.9. The van der Waals surface area contributed by atoms with Crippen LogP contribution < -0.4 is 25.4 Å². The molecular weight excluding hydrogens is 618 g/mol. The van der Waals surface area contributed by atoms with Gasteiger partial charge in [0.2, 0.25) is 16.0 Å². The van der Waals surface area contributed by atoms with E-state index in [1.807, 2.05) is 37.6 Å². The normalized spacial score (nSPS) is 14.2. The molecule has 2 N–H and O–H groups in total. The van der Waals surface area contributed by atoms with Gasteiger partial charge >= 0.3 is 0 Å². The SMILES string of the molecule is Cc1cc([C@@H](C)Nc2ccc(Cl)nc2C(=O)NS(C)(=O)=O)c2nc(N3CCN(c4ncc(C#N)cc4C)CC3)n(C)c(=O)c2c1. The largest absolute Gasteiger partial charge is 0.377 e. The van der Waals surface area contributed by atoms with Crippen LogP contribution in [0.4, 0.5) is 17.5 Å². The smallest absolute Gasteiger partial charge is 0.285 e. The van der Waals surface area contributed by atoms with Crippen molar-refractivity contribution in [2.45, 2.75) is 26.8 Å². The number of carbonyl (C=O) groups is 1. The van der Waals surface area contributed by atoms with E-state index in [1.165, 1.54) is 6.07 Å². The second kappa shape index (κ2) is 12.3. The third-order valence-electron chi connectivity index (χ3n) is 7.57. The number of aromatic nitrogens is 4. The number of hydrogen-bond donors (Lipinski definition) is 2. The molecule has 1 atom stereocenters. The van der Waals surface area contributed by atoms with Crippen molar-refractivity contribution in [3.05, 3.63) is 80.0 Å². The lowest BCUT2D eigenvalue weighted by atomic mass is 10.0. The van der Waals surface area contributed by atoms with Gasteiger partial charge in [-0.3, -0.25) is 14.2 Å². The summed E-state index contributed by atoms with van der Waals surface area (Å²) in [5.41, 5.74) is 3.38. The summed E-state index contributed by atoms with van der Waals surface area (Å²) in [5, 5.41) is 12.9. The number of hydrogen-bond acceptors (Lipinski definition) is 11. The summed E-state index contributed by atoms with van der Waals surface area (Å²) in [6, 6.07) is 10.2. The van der Waals surface area contributed by atoms with E-state index in [-0.39, 0.29) is 22.1 Å². The summed E-state index contributed by atoms with van der Waals surface area (Å²) >= 11 is 6.03. The molecule has 1 aromatic carbocycles. The highest BCUT2D eigenvalue weighted by Crippen LogP contribution is 2.30. The number of nitrogens with one attached hydrogen (secondary N) is 2. The predicted molar refractivity (Wildman–Crippen MR) is 173 cm³/mol. The van der Waals surface area contributed by atoms with Gasteiger partial charge in [0.1, 0.15) is 17.0 Å². The Hall–Kier alpha value is -4.74. The van der Waals surface area contributed by atoms with Gasteiger partial charge in [0.05, 0.1) is 34.5 Å². The van der Waals surface area contributed by atoms with Crippen LogP contribution in [0.15, 0.2) is 41.3 Å². The molecule has 45 heavy (non-hydrogen) atoms. The molecule has 1 aliphatic heterocycles. The van der Waals surface area contributed by atoms with E-state index in [0.717, 1.165) is 23.2 Å². The molecular formula is C30H32ClN9O4S. The first kappa shape index (κ1) is 31.7. The van der Waals surface area contributed by atoms with Gasteiger partial charge in [-0.25, -0.2) is 28.1 Å². The summed E-state index contributed by atoms with van der Waals surface area (Å²) in [6.45, 7) is 8.16. The number of anilines is 3. The number of sulfonamides is 1. The number of nitrogens with zero attached hydrogens (tertiary/aromatic N) is 7. The Labute approximate surface area is 265 Å². The van der Waals surface area contributed by atoms with Crippen molar-refractivity contribution < 1.29 is 13.2 Å². The quantitative estimate of drug-likeness (QED) is 0.283. The monoisotopic (exact) mass is 649 g/mol. The Kier molecular flexibility index (Phi) is 8.68. The van der Waals surface area contributed by atoms with E-state index >= 15 is 0 Å². The summed E-state index contributed by atoms with van der Waals surface area (Å²) in [4.78, 5) is 44.2. The van der Waals surface area contributed by atoms with Crippen LogP contribution in [0.5, 0.6) is 0 Å². The summed E-state index contributed by atoms with van der Waals surface area (Å²) in [7, 11) is -2.14. The van der Waals surface area contributed by atoms with Gasteiger partial charge in [0.15, 0.2) is 5.69 Å². The van der Waals surface area contributed by atoms with Crippen LogP contribution >= 0.6 is 11.6 Å². The van der Waals surface area contributed by atoms with Gasteiger partial charge < -0.3 is 15.1 Å². The number of halogens is 1. The van der Waals surface area contributed by atoms with E-state index in [0.29, 0.717) is 54.2 Å². The van der Waals surface area contributed by atoms with E-state index in [2.05, 4.69) is 31.2 Å². The summed E-state index contributed by atoms with van der Waals surface area (Å²) in [5.74, 6) is 0.423. The number of piperazine rings is 1. The highest BCUT2D eigenvalue weighted by atomic mass is 35.5. The molecule has 0 saturated carbocycles. The van der Waals surface area contributed by atoms with Crippen molar-refractivity contribution in [3.8, 4) is 6.07 Å². The Bertz CT molecular complexity index is 2030. The number of pyridine rings is 2. The van der Waals surface area contributed by atoms with Crippen molar-refractivity contribution in [1.29, 1.82) is 5.26 Å². The number of aryl methyl sites for hydroxylation is 2. The van der Waals surface area contributed by atoms with Crippen molar-refractivity contribution in [2.75, 3.05) is 47.6 Å². The molecule has 0 radical (unpaired) electrons. The molecule has 5 rings (SSSR count). The van der Waals surface area contributed by atoms with Gasteiger partial charge in [-0.1, -0.05) is 17.7 Å². The van der Waals surface area contributed by atoms with Gasteiger partial charge in [-0.15, -0.1) is 0 Å². The number of rotatable bonds is 7. The van der Waals surface area contributed by atoms with E-state index in [1.54, 1.807) is 29.9 Å². The van der Waals surface area contributed by atoms with Gasteiger partial charge in [-0.2, -0.15) is 5.26 Å². The number of carbonyl (C=O) groups excluding carboxylic acids is 1. The maximum atomic E-state index is 13.7. The van der Waals surface area contributed by atoms with E-state index in [4.69, 9.17) is 16.6 Å².